The van der Waals surface area contributed by atoms with Gasteiger partial charge < -0.3 is 0 Å². The third-order valence-electron chi connectivity index (χ3n) is 5.68. The van der Waals surface area contributed by atoms with Crippen molar-refractivity contribution < 1.29 is 26.3 Å². The molecule has 0 nitrogen and oxygen atoms in total. The molecule has 0 radical (unpaired) electrons. The minimum Gasteiger partial charge on any atom is -0.206 e. The fraction of sp³-hybridized carbons (Fsp3) is 0.103. The Hall–Kier alpha value is -3.80. The SMILES string of the molecule is CCCc1ccc(-c2ccc(C(F)=C(F)c3ccc(-c4cc(F)c(F)c(F)c4)cc3)c(F)c2)cc1. The van der Waals surface area contributed by atoms with Crippen molar-refractivity contribution in [3.05, 3.63) is 119 Å². The molecule has 4 aromatic rings. The summed E-state index contributed by atoms with van der Waals surface area (Å²) in [4.78, 5) is 0. The highest BCUT2D eigenvalue weighted by molar-refractivity contribution is 5.84. The number of aryl methyl sites for hydroxylation is 1. The number of rotatable bonds is 6. The molecule has 35 heavy (non-hydrogen) atoms. The molecule has 4 rings (SSSR count). The highest BCUT2D eigenvalue weighted by Crippen LogP contribution is 2.33. The minimum absolute atomic E-state index is 0.0298. The van der Waals surface area contributed by atoms with Gasteiger partial charge in [-0.25, -0.2) is 26.3 Å². The molecule has 178 valence electrons. The molecule has 0 N–H and O–H groups in total. The van der Waals surface area contributed by atoms with Crippen molar-refractivity contribution in [1.82, 2.24) is 0 Å². The highest BCUT2D eigenvalue weighted by atomic mass is 19.2. The zero-order valence-electron chi connectivity index (χ0n) is 18.7. The zero-order valence-corrected chi connectivity index (χ0v) is 18.7. The van der Waals surface area contributed by atoms with Gasteiger partial charge in [0.05, 0.1) is 0 Å². The topological polar surface area (TPSA) is 0 Å². The summed E-state index contributed by atoms with van der Waals surface area (Å²) in [6.07, 6.45) is 1.94. The second-order valence-electron chi connectivity index (χ2n) is 8.10. The maximum atomic E-state index is 14.8. The summed E-state index contributed by atoms with van der Waals surface area (Å²) < 4.78 is 84.5. The van der Waals surface area contributed by atoms with Crippen molar-refractivity contribution in [2.24, 2.45) is 0 Å². The van der Waals surface area contributed by atoms with Crippen LogP contribution in [0.25, 0.3) is 33.9 Å². The molecule has 0 bridgehead atoms. The van der Waals surface area contributed by atoms with Crippen LogP contribution in [0.15, 0.2) is 78.9 Å². The molecule has 0 unspecified atom stereocenters. The molecule has 0 saturated heterocycles. The van der Waals surface area contributed by atoms with Gasteiger partial charge in [-0.3, -0.25) is 0 Å². The van der Waals surface area contributed by atoms with E-state index in [1.807, 2.05) is 24.3 Å². The second kappa shape index (κ2) is 10.2. The number of halogens is 6. The van der Waals surface area contributed by atoms with Crippen molar-refractivity contribution in [1.29, 1.82) is 0 Å². The summed E-state index contributed by atoms with van der Waals surface area (Å²) in [6.45, 7) is 2.07. The number of hydrogen-bond acceptors (Lipinski definition) is 0. The molecule has 0 aliphatic rings. The Morgan fingerprint density at radius 2 is 1.09 bits per heavy atom. The van der Waals surface area contributed by atoms with Crippen LogP contribution in [-0.4, -0.2) is 0 Å². The number of benzene rings is 4. The predicted molar refractivity (Wildman–Crippen MR) is 127 cm³/mol. The lowest BCUT2D eigenvalue weighted by atomic mass is 9.99. The van der Waals surface area contributed by atoms with E-state index in [0.717, 1.165) is 42.2 Å². The van der Waals surface area contributed by atoms with Gasteiger partial charge in [0.25, 0.3) is 0 Å². The van der Waals surface area contributed by atoms with Gasteiger partial charge in [0.2, 0.25) is 0 Å². The molecule has 0 heterocycles. The van der Waals surface area contributed by atoms with E-state index in [4.69, 9.17) is 0 Å². The van der Waals surface area contributed by atoms with Crippen LogP contribution in [-0.2, 0) is 6.42 Å². The molecule has 0 aliphatic carbocycles. The third kappa shape index (κ3) is 5.16. The first-order valence-corrected chi connectivity index (χ1v) is 11.0. The van der Waals surface area contributed by atoms with Gasteiger partial charge in [-0.1, -0.05) is 67.9 Å². The molecule has 0 spiro atoms. The molecule has 0 aliphatic heterocycles. The Balaban J connectivity index is 1.60. The lowest BCUT2D eigenvalue weighted by Crippen LogP contribution is -1.93. The van der Waals surface area contributed by atoms with Crippen LogP contribution in [0.4, 0.5) is 26.3 Å². The Morgan fingerprint density at radius 1 is 0.571 bits per heavy atom. The normalized spacial score (nSPS) is 12.0. The Bertz CT molecular complexity index is 1360. The van der Waals surface area contributed by atoms with Gasteiger partial charge in [0.1, 0.15) is 5.82 Å². The molecule has 0 amide bonds. The monoisotopic (exact) mass is 482 g/mol. The molecule has 6 heteroatoms. The first kappa shape index (κ1) is 24.3. The van der Waals surface area contributed by atoms with E-state index in [0.29, 0.717) is 5.56 Å². The van der Waals surface area contributed by atoms with Gasteiger partial charge in [0.15, 0.2) is 29.1 Å². The van der Waals surface area contributed by atoms with Crippen LogP contribution in [0.2, 0.25) is 0 Å². The van der Waals surface area contributed by atoms with Crippen molar-refractivity contribution in [3.63, 3.8) is 0 Å². The van der Waals surface area contributed by atoms with Gasteiger partial charge in [0, 0.05) is 11.1 Å². The maximum Gasteiger partial charge on any atom is 0.194 e. The Labute approximate surface area is 199 Å². The molecular weight excluding hydrogens is 462 g/mol. The first-order chi connectivity index (χ1) is 16.8. The van der Waals surface area contributed by atoms with Crippen molar-refractivity contribution >= 4 is 11.7 Å². The first-order valence-electron chi connectivity index (χ1n) is 11.0. The molecule has 0 fully saturated rings. The van der Waals surface area contributed by atoms with E-state index in [-0.39, 0.29) is 16.7 Å². The van der Waals surface area contributed by atoms with Crippen molar-refractivity contribution in [3.8, 4) is 22.3 Å². The smallest absolute Gasteiger partial charge is 0.194 e. The fourth-order valence-corrected chi connectivity index (χ4v) is 3.80. The van der Waals surface area contributed by atoms with E-state index in [2.05, 4.69) is 6.92 Å². The van der Waals surface area contributed by atoms with Crippen LogP contribution in [0.5, 0.6) is 0 Å². The summed E-state index contributed by atoms with van der Waals surface area (Å²) in [7, 11) is 0. The van der Waals surface area contributed by atoms with Crippen LogP contribution in [0, 0.1) is 23.3 Å². The maximum absolute atomic E-state index is 14.8. The van der Waals surface area contributed by atoms with E-state index >= 15 is 0 Å². The molecule has 4 aromatic carbocycles. The lowest BCUT2D eigenvalue weighted by molar-refractivity contribution is 0.448. The molecular formula is C29H20F6. The average molecular weight is 482 g/mol. The zero-order chi connectivity index (χ0) is 25.1. The van der Waals surface area contributed by atoms with E-state index in [1.54, 1.807) is 0 Å². The quantitative estimate of drug-likeness (QED) is 0.146. The average Bonchev–Trinajstić information content (AvgIpc) is 2.87. The summed E-state index contributed by atoms with van der Waals surface area (Å²) in [5.74, 6) is -7.90. The summed E-state index contributed by atoms with van der Waals surface area (Å²) in [5.41, 5.74) is 2.02. The Kier molecular flexibility index (Phi) is 7.10. The van der Waals surface area contributed by atoms with Gasteiger partial charge in [-0.15, -0.1) is 0 Å². The van der Waals surface area contributed by atoms with Crippen LogP contribution < -0.4 is 0 Å². The minimum atomic E-state index is -1.59. The largest absolute Gasteiger partial charge is 0.206 e. The van der Waals surface area contributed by atoms with Gasteiger partial charge >= 0.3 is 0 Å². The van der Waals surface area contributed by atoms with E-state index in [1.165, 1.54) is 36.4 Å². The van der Waals surface area contributed by atoms with Gasteiger partial charge in [-0.05, 0) is 58.5 Å². The van der Waals surface area contributed by atoms with Crippen LogP contribution in [0.1, 0.15) is 30.0 Å². The summed E-state index contributed by atoms with van der Waals surface area (Å²) in [6, 6.07) is 18.0. The second-order valence-corrected chi connectivity index (χ2v) is 8.10. The van der Waals surface area contributed by atoms with Crippen LogP contribution >= 0.6 is 0 Å². The van der Waals surface area contributed by atoms with E-state index in [9.17, 15) is 26.3 Å². The molecule has 0 saturated carbocycles. The summed E-state index contributed by atoms with van der Waals surface area (Å²) in [5, 5.41) is 0. The third-order valence-corrected chi connectivity index (χ3v) is 5.68. The predicted octanol–water partition coefficient (Wildman–Crippen LogP) is 9.29. The van der Waals surface area contributed by atoms with Crippen molar-refractivity contribution in [2.75, 3.05) is 0 Å². The Morgan fingerprint density at radius 3 is 1.66 bits per heavy atom. The van der Waals surface area contributed by atoms with Gasteiger partial charge in [-0.2, -0.15) is 0 Å². The number of hydrogen-bond donors (Lipinski definition) is 0. The highest BCUT2D eigenvalue weighted by Gasteiger charge is 2.17. The van der Waals surface area contributed by atoms with E-state index < -0.39 is 40.5 Å². The molecule has 0 aromatic heterocycles. The van der Waals surface area contributed by atoms with Crippen molar-refractivity contribution in [2.45, 2.75) is 19.8 Å². The van der Waals surface area contributed by atoms with Crippen LogP contribution in [0.3, 0.4) is 0 Å². The fourth-order valence-electron chi connectivity index (χ4n) is 3.80. The standard InChI is InChI=1S/C29H20F6/c1-2-3-17-4-6-18(7-5-17)21-12-13-23(24(30)14-21)28(34)27(33)20-10-8-19(9-11-20)22-15-25(31)29(35)26(32)16-22/h4-16H,2-3H2,1H3. The molecule has 0 atom stereocenters. The summed E-state index contributed by atoms with van der Waals surface area (Å²) >= 11 is 0. The lowest BCUT2D eigenvalue weighted by Gasteiger charge is -2.08.